The molecule has 0 bridgehead atoms. The van der Waals surface area contributed by atoms with Crippen molar-refractivity contribution in [2.75, 3.05) is 6.61 Å². The molecule has 21 heavy (non-hydrogen) atoms. The number of hydrogen-bond donors (Lipinski definition) is 1. The van der Waals surface area contributed by atoms with Gasteiger partial charge in [-0.15, -0.1) is 11.8 Å². The van der Waals surface area contributed by atoms with E-state index in [2.05, 4.69) is 11.8 Å². The van der Waals surface area contributed by atoms with Crippen LogP contribution in [0.25, 0.3) is 0 Å². The van der Waals surface area contributed by atoms with Gasteiger partial charge >= 0.3 is 0 Å². The molecule has 0 amide bonds. The van der Waals surface area contributed by atoms with Crippen LogP contribution < -0.4 is 0 Å². The Hall–Kier alpha value is -1.47. The van der Waals surface area contributed by atoms with Gasteiger partial charge < -0.3 is 5.11 Å². The Morgan fingerprint density at radius 2 is 2.00 bits per heavy atom. The lowest BCUT2D eigenvalue weighted by atomic mass is 10.1. The molecule has 0 aliphatic heterocycles. The summed E-state index contributed by atoms with van der Waals surface area (Å²) in [4.78, 5) is 0.984. The first-order chi connectivity index (χ1) is 10.2. The van der Waals surface area contributed by atoms with E-state index in [0.717, 1.165) is 10.5 Å². The van der Waals surface area contributed by atoms with Crippen LogP contribution in [0.15, 0.2) is 47.4 Å². The van der Waals surface area contributed by atoms with E-state index >= 15 is 0 Å². The van der Waals surface area contributed by atoms with Gasteiger partial charge in [0.25, 0.3) is 0 Å². The van der Waals surface area contributed by atoms with E-state index in [1.807, 2.05) is 24.3 Å². The summed E-state index contributed by atoms with van der Waals surface area (Å²) in [6, 6.07) is 12.2. The van der Waals surface area contributed by atoms with Crippen LogP contribution in [0.4, 0.5) is 4.39 Å². The average molecular weight is 321 g/mol. The zero-order valence-corrected chi connectivity index (χ0v) is 12.8. The summed E-state index contributed by atoms with van der Waals surface area (Å²) in [6.07, 6.45) is 0.383. The molecule has 0 heterocycles. The lowest BCUT2D eigenvalue weighted by molar-refractivity contribution is 0.305. The Morgan fingerprint density at radius 3 is 2.76 bits per heavy atom. The highest BCUT2D eigenvalue weighted by Gasteiger charge is 2.05. The van der Waals surface area contributed by atoms with Crippen molar-refractivity contribution in [2.24, 2.45) is 0 Å². The third-order valence-electron chi connectivity index (χ3n) is 2.75. The monoisotopic (exact) mass is 320 g/mol. The number of aliphatic hydroxyl groups excluding tert-OH is 1. The predicted molar refractivity (Wildman–Crippen MR) is 86.0 cm³/mol. The fourth-order valence-electron chi connectivity index (χ4n) is 1.72. The molecule has 0 saturated heterocycles. The SMILES string of the molecule is OCCC#Cc1cc(F)ccc1CSc1ccccc1Cl. The Morgan fingerprint density at radius 1 is 1.19 bits per heavy atom. The molecule has 0 radical (unpaired) electrons. The number of hydrogen-bond acceptors (Lipinski definition) is 2. The highest BCUT2D eigenvalue weighted by atomic mass is 35.5. The summed E-state index contributed by atoms with van der Waals surface area (Å²) >= 11 is 7.71. The van der Waals surface area contributed by atoms with E-state index in [1.54, 1.807) is 17.8 Å². The summed E-state index contributed by atoms with van der Waals surface area (Å²) in [5.74, 6) is 6.09. The standard InChI is InChI=1S/C17H14ClFOS/c18-16-6-1-2-7-17(16)21-12-14-8-9-15(19)11-13(14)5-3-4-10-20/h1-2,6-9,11,20H,4,10,12H2. The van der Waals surface area contributed by atoms with Gasteiger partial charge in [0.1, 0.15) is 5.82 Å². The predicted octanol–water partition coefficient (Wildman–Crippen LogP) is 4.51. The zero-order chi connectivity index (χ0) is 15.1. The minimum Gasteiger partial charge on any atom is -0.395 e. The lowest BCUT2D eigenvalue weighted by Crippen LogP contribution is -1.90. The van der Waals surface area contributed by atoms with Crippen molar-refractivity contribution in [3.05, 3.63) is 64.4 Å². The third kappa shape index (κ3) is 4.78. The van der Waals surface area contributed by atoms with Crippen molar-refractivity contribution in [3.63, 3.8) is 0 Å². The van der Waals surface area contributed by atoms with Crippen molar-refractivity contribution in [3.8, 4) is 11.8 Å². The summed E-state index contributed by atoms with van der Waals surface area (Å²) in [6.45, 7) is 0.00597. The summed E-state index contributed by atoms with van der Waals surface area (Å²) < 4.78 is 13.3. The highest BCUT2D eigenvalue weighted by molar-refractivity contribution is 7.98. The molecule has 4 heteroatoms. The quantitative estimate of drug-likeness (QED) is 0.661. The molecule has 0 spiro atoms. The van der Waals surface area contributed by atoms with Gasteiger partial charge in [0.2, 0.25) is 0 Å². The maximum atomic E-state index is 13.3. The molecule has 1 nitrogen and oxygen atoms in total. The molecule has 0 fully saturated rings. The van der Waals surface area contributed by atoms with Crippen LogP contribution in [0.2, 0.25) is 5.02 Å². The second kappa shape index (κ2) is 8.09. The van der Waals surface area contributed by atoms with Gasteiger partial charge in [0, 0.05) is 22.6 Å². The number of benzene rings is 2. The van der Waals surface area contributed by atoms with Gasteiger partial charge in [-0.25, -0.2) is 4.39 Å². The van der Waals surface area contributed by atoms with Crippen molar-refractivity contribution in [2.45, 2.75) is 17.1 Å². The summed E-state index contributed by atoms with van der Waals surface area (Å²) in [5.41, 5.74) is 1.61. The second-order valence-electron chi connectivity index (χ2n) is 4.30. The zero-order valence-electron chi connectivity index (χ0n) is 11.3. The van der Waals surface area contributed by atoms with Crippen LogP contribution in [0.5, 0.6) is 0 Å². The van der Waals surface area contributed by atoms with Gasteiger partial charge in [-0.1, -0.05) is 41.6 Å². The van der Waals surface area contributed by atoms with Gasteiger partial charge in [-0.05, 0) is 29.8 Å². The largest absolute Gasteiger partial charge is 0.395 e. The van der Waals surface area contributed by atoms with Crippen molar-refractivity contribution in [1.29, 1.82) is 0 Å². The van der Waals surface area contributed by atoms with Gasteiger partial charge in [-0.3, -0.25) is 0 Å². The Kier molecular flexibility index (Phi) is 6.13. The Balaban J connectivity index is 2.16. The Labute approximate surface area is 133 Å². The van der Waals surface area contributed by atoms with Gasteiger partial charge in [0.15, 0.2) is 0 Å². The summed E-state index contributed by atoms with van der Waals surface area (Å²) in [5, 5.41) is 9.46. The molecule has 0 saturated carbocycles. The van der Waals surface area contributed by atoms with E-state index in [-0.39, 0.29) is 12.4 Å². The first-order valence-electron chi connectivity index (χ1n) is 6.46. The van der Waals surface area contributed by atoms with Crippen molar-refractivity contribution >= 4 is 23.4 Å². The average Bonchev–Trinajstić information content (AvgIpc) is 2.48. The lowest BCUT2D eigenvalue weighted by Gasteiger charge is -2.06. The molecule has 2 rings (SSSR count). The van der Waals surface area contributed by atoms with E-state index in [4.69, 9.17) is 16.7 Å². The number of aliphatic hydroxyl groups is 1. The molecule has 0 atom stereocenters. The van der Waals surface area contributed by atoms with Crippen LogP contribution >= 0.6 is 23.4 Å². The first-order valence-corrected chi connectivity index (χ1v) is 7.82. The topological polar surface area (TPSA) is 20.2 Å². The number of thioether (sulfide) groups is 1. The van der Waals surface area contributed by atoms with Crippen molar-refractivity contribution in [1.82, 2.24) is 0 Å². The molecule has 2 aromatic rings. The maximum Gasteiger partial charge on any atom is 0.124 e. The number of halogens is 2. The second-order valence-corrected chi connectivity index (χ2v) is 5.72. The van der Waals surface area contributed by atoms with Crippen LogP contribution in [0, 0.1) is 17.7 Å². The highest BCUT2D eigenvalue weighted by Crippen LogP contribution is 2.30. The van der Waals surface area contributed by atoms with Crippen LogP contribution in [0.1, 0.15) is 17.5 Å². The van der Waals surface area contributed by atoms with Gasteiger partial charge in [-0.2, -0.15) is 0 Å². The van der Waals surface area contributed by atoms with Crippen LogP contribution in [-0.4, -0.2) is 11.7 Å². The van der Waals surface area contributed by atoms with E-state index in [1.165, 1.54) is 12.1 Å². The molecule has 0 aliphatic carbocycles. The molecule has 0 unspecified atom stereocenters. The van der Waals surface area contributed by atoms with Crippen LogP contribution in [0.3, 0.4) is 0 Å². The molecule has 1 N–H and O–H groups in total. The third-order valence-corrected chi connectivity index (χ3v) is 4.32. The Bertz CT molecular complexity index is 676. The molecule has 0 aliphatic rings. The normalized spacial score (nSPS) is 10.0. The van der Waals surface area contributed by atoms with E-state index in [0.29, 0.717) is 22.8 Å². The smallest absolute Gasteiger partial charge is 0.124 e. The molecule has 0 aromatic heterocycles. The van der Waals surface area contributed by atoms with E-state index < -0.39 is 0 Å². The fraction of sp³-hybridized carbons (Fsp3) is 0.176. The first kappa shape index (κ1) is 15.9. The number of rotatable bonds is 4. The fourth-order valence-corrected chi connectivity index (χ4v) is 2.96. The molecule has 108 valence electrons. The minimum atomic E-state index is -0.310. The molecular formula is C17H14ClFOS. The molecule has 2 aromatic carbocycles. The van der Waals surface area contributed by atoms with Gasteiger partial charge in [0.05, 0.1) is 11.6 Å². The maximum absolute atomic E-state index is 13.3. The minimum absolute atomic E-state index is 0.00597. The van der Waals surface area contributed by atoms with Crippen molar-refractivity contribution < 1.29 is 9.50 Å². The summed E-state index contributed by atoms with van der Waals surface area (Å²) in [7, 11) is 0. The van der Waals surface area contributed by atoms with Crippen LogP contribution in [-0.2, 0) is 5.75 Å². The van der Waals surface area contributed by atoms with E-state index in [9.17, 15) is 4.39 Å². The molecular weight excluding hydrogens is 307 g/mol.